The second-order valence-electron chi connectivity index (χ2n) is 7.72. The summed E-state index contributed by atoms with van der Waals surface area (Å²) in [6.45, 7) is 14.6. The molecule has 0 spiro atoms. The third kappa shape index (κ3) is 5.71. The van der Waals surface area contributed by atoms with Crippen LogP contribution in [-0.2, 0) is 0 Å². The van der Waals surface area contributed by atoms with Gasteiger partial charge in [0.25, 0.3) is 0 Å². The van der Waals surface area contributed by atoms with Gasteiger partial charge in [0.1, 0.15) is 0 Å². The number of nitrogens with one attached hydrogen (secondary N) is 1. The van der Waals surface area contributed by atoms with Crippen LogP contribution in [0.1, 0.15) is 59.3 Å². The lowest BCUT2D eigenvalue weighted by Gasteiger charge is -2.32. The van der Waals surface area contributed by atoms with Crippen LogP contribution >= 0.6 is 0 Å². The average molecular weight is 281 g/mol. The molecule has 3 nitrogen and oxygen atoms in total. The van der Waals surface area contributed by atoms with Gasteiger partial charge >= 0.3 is 0 Å². The maximum Gasteiger partial charge on any atom is 0.0235 e. The summed E-state index contributed by atoms with van der Waals surface area (Å²) in [6, 6.07) is 0.864. The fourth-order valence-electron chi connectivity index (χ4n) is 3.52. The molecule has 3 heteroatoms. The van der Waals surface area contributed by atoms with E-state index in [9.17, 15) is 0 Å². The van der Waals surface area contributed by atoms with Crippen molar-refractivity contribution in [3.63, 3.8) is 0 Å². The minimum Gasteiger partial charge on any atom is -0.312 e. The van der Waals surface area contributed by atoms with Crippen molar-refractivity contribution in [1.82, 2.24) is 15.1 Å². The van der Waals surface area contributed by atoms with Crippen molar-refractivity contribution in [3.05, 3.63) is 0 Å². The average Bonchev–Trinajstić information content (AvgIpc) is 2.87. The predicted molar refractivity (Wildman–Crippen MR) is 87.3 cm³/mol. The van der Waals surface area contributed by atoms with Crippen molar-refractivity contribution in [1.29, 1.82) is 0 Å². The van der Waals surface area contributed by atoms with Gasteiger partial charge in [0.05, 0.1) is 0 Å². The summed E-state index contributed by atoms with van der Waals surface area (Å²) < 4.78 is 0. The Morgan fingerprint density at radius 2 is 1.75 bits per heavy atom. The molecule has 0 bridgehead atoms. The van der Waals surface area contributed by atoms with Gasteiger partial charge in [-0.15, -0.1) is 0 Å². The topological polar surface area (TPSA) is 18.5 Å². The summed E-state index contributed by atoms with van der Waals surface area (Å²) in [4.78, 5) is 5.45. The minimum atomic E-state index is 0.271. The molecule has 0 amide bonds. The van der Waals surface area contributed by atoms with Gasteiger partial charge in [0.2, 0.25) is 0 Å². The fraction of sp³-hybridized carbons (Fsp3) is 1.00. The minimum absolute atomic E-state index is 0.271. The summed E-state index contributed by atoms with van der Waals surface area (Å²) in [5.74, 6) is 0. The molecule has 20 heavy (non-hydrogen) atoms. The molecule has 0 radical (unpaired) electrons. The van der Waals surface area contributed by atoms with Gasteiger partial charge in [-0.2, -0.15) is 0 Å². The third-order valence-electron chi connectivity index (χ3n) is 4.71. The van der Waals surface area contributed by atoms with E-state index in [0.717, 1.165) is 12.6 Å². The second kappa shape index (κ2) is 7.77. The van der Waals surface area contributed by atoms with Crippen molar-refractivity contribution in [2.45, 2.75) is 70.9 Å². The zero-order valence-electron chi connectivity index (χ0n) is 14.0. The molecule has 2 saturated heterocycles. The van der Waals surface area contributed by atoms with E-state index < -0.39 is 0 Å². The fourth-order valence-corrected chi connectivity index (χ4v) is 3.52. The maximum absolute atomic E-state index is 3.58. The molecule has 0 saturated carbocycles. The third-order valence-corrected chi connectivity index (χ3v) is 4.71. The number of hydrogen-bond donors (Lipinski definition) is 1. The van der Waals surface area contributed by atoms with Gasteiger partial charge in [-0.25, -0.2) is 0 Å². The molecular weight excluding hydrogens is 246 g/mol. The Morgan fingerprint density at radius 1 is 1.00 bits per heavy atom. The van der Waals surface area contributed by atoms with Crippen LogP contribution in [0.5, 0.6) is 0 Å². The number of nitrogens with zero attached hydrogens (tertiary/aromatic N) is 2. The van der Waals surface area contributed by atoms with E-state index in [2.05, 4.69) is 35.9 Å². The van der Waals surface area contributed by atoms with E-state index in [1.54, 1.807) is 0 Å². The first kappa shape index (κ1) is 16.3. The highest BCUT2D eigenvalue weighted by atomic mass is 15.3. The molecule has 118 valence electrons. The first-order valence-corrected chi connectivity index (χ1v) is 8.76. The Balaban J connectivity index is 1.54. The molecule has 0 aromatic carbocycles. The largest absolute Gasteiger partial charge is 0.312 e. The molecule has 1 atom stereocenters. The Hall–Kier alpha value is -0.120. The van der Waals surface area contributed by atoms with Crippen LogP contribution in [0.25, 0.3) is 0 Å². The molecule has 2 aliphatic rings. The quantitative estimate of drug-likeness (QED) is 0.755. The van der Waals surface area contributed by atoms with Crippen molar-refractivity contribution in [3.8, 4) is 0 Å². The number of likely N-dealkylation sites (tertiary alicyclic amines) is 2. The molecule has 0 aliphatic carbocycles. The monoisotopic (exact) mass is 281 g/mol. The number of piperidine rings is 1. The van der Waals surface area contributed by atoms with Crippen molar-refractivity contribution >= 4 is 0 Å². The lowest BCUT2D eigenvalue weighted by Crippen LogP contribution is -2.41. The highest BCUT2D eigenvalue weighted by Crippen LogP contribution is 2.20. The van der Waals surface area contributed by atoms with E-state index in [-0.39, 0.29) is 5.54 Å². The molecule has 1 N–H and O–H groups in total. The predicted octanol–water partition coefficient (Wildman–Crippen LogP) is 2.71. The van der Waals surface area contributed by atoms with E-state index in [1.807, 2.05) is 0 Å². The Morgan fingerprint density at radius 3 is 2.45 bits per heavy atom. The summed E-state index contributed by atoms with van der Waals surface area (Å²) in [6.07, 6.45) is 8.36. The molecule has 2 rings (SSSR count). The van der Waals surface area contributed by atoms with Crippen LogP contribution in [0.15, 0.2) is 0 Å². The van der Waals surface area contributed by atoms with E-state index in [4.69, 9.17) is 0 Å². The van der Waals surface area contributed by atoms with Crippen LogP contribution in [0, 0.1) is 0 Å². The van der Waals surface area contributed by atoms with Gasteiger partial charge in [0, 0.05) is 18.1 Å². The zero-order chi connectivity index (χ0) is 14.4. The second-order valence-corrected chi connectivity index (χ2v) is 7.72. The smallest absolute Gasteiger partial charge is 0.0235 e. The molecular formula is C17H35N3. The number of hydrogen-bond acceptors (Lipinski definition) is 3. The van der Waals surface area contributed by atoms with Crippen molar-refractivity contribution < 1.29 is 0 Å². The van der Waals surface area contributed by atoms with Gasteiger partial charge in [-0.3, -0.25) is 4.90 Å². The Labute approximate surface area is 126 Å². The molecule has 2 fully saturated rings. The lowest BCUT2D eigenvalue weighted by molar-refractivity contribution is 0.162. The Kier molecular flexibility index (Phi) is 6.31. The number of unbranched alkanes of at least 4 members (excludes halogenated alkanes) is 1. The normalized spacial score (nSPS) is 26.2. The van der Waals surface area contributed by atoms with Gasteiger partial charge in [-0.05, 0) is 85.6 Å². The van der Waals surface area contributed by atoms with Crippen molar-refractivity contribution in [2.24, 2.45) is 0 Å². The SMILES string of the molecule is CC(C)(C)NCCCCN1CCC(N2CCCCC2)C1. The standard InChI is InChI=1S/C17H35N3/c1-17(2,3)18-10-5-8-11-19-14-9-16(15-19)20-12-6-4-7-13-20/h16,18H,4-15H2,1-3H3. The Bertz CT molecular complexity index is 266. The van der Waals surface area contributed by atoms with Gasteiger partial charge in [0.15, 0.2) is 0 Å². The zero-order valence-corrected chi connectivity index (χ0v) is 14.0. The molecule has 2 aliphatic heterocycles. The van der Waals surface area contributed by atoms with Crippen LogP contribution in [-0.4, -0.2) is 60.6 Å². The first-order chi connectivity index (χ1) is 9.54. The van der Waals surface area contributed by atoms with E-state index in [0.29, 0.717) is 0 Å². The molecule has 0 aromatic rings. The molecule has 1 unspecified atom stereocenters. The van der Waals surface area contributed by atoms with Gasteiger partial charge < -0.3 is 10.2 Å². The maximum atomic E-state index is 3.58. The van der Waals surface area contributed by atoms with Gasteiger partial charge in [-0.1, -0.05) is 6.42 Å². The molecule has 0 aromatic heterocycles. The number of rotatable bonds is 6. The van der Waals surface area contributed by atoms with Crippen LogP contribution in [0.2, 0.25) is 0 Å². The van der Waals surface area contributed by atoms with Crippen LogP contribution in [0.4, 0.5) is 0 Å². The summed E-state index contributed by atoms with van der Waals surface area (Å²) in [5, 5.41) is 3.58. The van der Waals surface area contributed by atoms with Crippen LogP contribution in [0.3, 0.4) is 0 Å². The summed E-state index contributed by atoms with van der Waals surface area (Å²) >= 11 is 0. The van der Waals surface area contributed by atoms with E-state index >= 15 is 0 Å². The highest BCUT2D eigenvalue weighted by molar-refractivity contribution is 4.84. The van der Waals surface area contributed by atoms with Crippen LogP contribution < -0.4 is 5.32 Å². The summed E-state index contributed by atoms with van der Waals surface area (Å²) in [7, 11) is 0. The summed E-state index contributed by atoms with van der Waals surface area (Å²) in [5.41, 5.74) is 0.271. The highest BCUT2D eigenvalue weighted by Gasteiger charge is 2.27. The lowest BCUT2D eigenvalue weighted by atomic mass is 10.1. The molecule has 2 heterocycles. The first-order valence-electron chi connectivity index (χ1n) is 8.76. The van der Waals surface area contributed by atoms with E-state index in [1.165, 1.54) is 71.2 Å². The van der Waals surface area contributed by atoms with Crippen molar-refractivity contribution in [2.75, 3.05) is 39.3 Å².